The lowest BCUT2D eigenvalue weighted by atomic mass is 10.1. The van der Waals surface area contributed by atoms with Crippen molar-refractivity contribution in [3.05, 3.63) is 11.5 Å². The fourth-order valence-corrected chi connectivity index (χ4v) is 2.22. The quantitative estimate of drug-likeness (QED) is 0.833. The second kappa shape index (κ2) is 3.51. The summed E-state index contributed by atoms with van der Waals surface area (Å²) in [5.41, 5.74) is 6.11. The maximum absolute atomic E-state index is 13.6. The average Bonchev–Trinajstić information content (AvgIpc) is 2.84. The molecule has 0 amide bonds. The molecule has 0 bridgehead atoms. The predicted octanol–water partition coefficient (Wildman–Crippen LogP) is 2.29. The second-order valence-electron chi connectivity index (χ2n) is 4.94. The van der Waals surface area contributed by atoms with E-state index < -0.39 is 0 Å². The van der Waals surface area contributed by atoms with Gasteiger partial charge >= 0.3 is 0 Å². The van der Waals surface area contributed by atoms with Gasteiger partial charge in [-0.25, -0.2) is 4.39 Å². The molecule has 1 heterocycles. The molecule has 0 saturated heterocycles. The molecule has 84 valence electrons. The highest BCUT2D eigenvalue weighted by atomic mass is 19.1. The van der Waals surface area contributed by atoms with Crippen LogP contribution in [0.2, 0.25) is 0 Å². The van der Waals surface area contributed by atoms with Crippen molar-refractivity contribution in [2.45, 2.75) is 32.6 Å². The fraction of sp³-hybridized carbons (Fsp3) is 0.727. The van der Waals surface area contributed by atoms with Crippen LogP contribution in [0.5, 0.6) is 0 Å². The van der Waals surface area contributed by atoms with Crippen molar-refractivity contribution in [3.63, 3.8) is 0 Å². The van der Waals surface area contributed by atoms with Crippen LogP contribution in [-0.4, -0.2) is 9.78 Å². The van der Waals surface area contributed by atoms with Gasteiger partial charge in [0.25, 0.3) is 0 Å². The van der Waals surface area contributed by atoms with E-state index in [-0.39, 0.29) is 11.6 Å². The third-order valence-electron chi connectivity index (χ3n) is 3.10. The summed E-state index contributed by atoms with van der Waals surface area (Å²) in [4.78, 5) is 0. The van der Waals surface area contributed by atoms with Crippen LogP contribution in [0.3, 0.4) is 0 Å². The number of aryl methyl sites for hydroxylation is 1. The summed E-state index contributed by atoms with van der Waals surface area (Å²) in [7, 11) is 1.68. The van der Waals surface area contributed by atoms with E-state index in [1.54, 1.807) is 7.05 Å². The smallest absolute Gasteiger partial charge is 0.188 e. The number of hydrogen-bond donors (Lipinski definition) is 1. The van der Waals surface area contributed by atoms with Crippen molar-refractivity contribution in [2.75, 3.05) is 5.73 Å². The molecule has 1 aliphatic rings. The molecule has 15 heavy (non-hydrogen) atoms. The lowest BCUT2D eigenvalue weighted by molar-refractivity contribution is 0.524. The molecule has 2 N–H and O–H groups in total. The lowest BCUT2D eigenvalue weighted by Crippen LogP contribution is -1.98. The Morgan fingerprint density at radius 3 is 2.73 bits per heavy atom. The molecule has 1 aromatic rings. The Morgan fingerprint density at radius 2 is 2.27 bits per heavy atom. The minimum Gasteiger partial charge on any atom is -0.381 e. The third-order valence-corrected chi connectivity index (χ3v) is 3.10. The number of nitrogens with two attached hydrogens (primary N) is 1. The van der Waals surface area contributed by atoms with Crippen molar-refractivity contribution in [2.24, 2.45) is 18.9 Å². The first-order valence-corrected chi connectivity index (χ1v) is 5.48. The number of nitrogens with zero attached hydrogens (tertiary/aromatic N) is 2. The average molecular weight is 211 g/mol. The molecular weight excluding hydrogens is 193 g/mol. The third kappa shape index (κ3) is 1.85. The van der Waals surface area contributed by atoms with Crippen LogP contribution in [0, 0.1) is 17.7 Å². The van der Waals surface area contributed by atoms with E-state index in [9.17, 15) is 4.39 Å². The van der Waals surface area contributed by atoms with E-state index in [1.807, 2.05) is 0 Å². The summed E-state index contributed by atoms with van der Waals surface area (Å²) < 4.78 is 15.0. The number of rotatable bonds is 3. The maximum Gasteiger partial charge on any atom is 0.188 e. The normalized spacial score (nSPS) is 24.9. The lowest BCUT2D eigenvalue weighted by Gasteiger charge is -2.01. The summed E-state index contributed by atoms with van der Waals surface area (Å²) in [5.74, 6) is 1.42. The Labute approximate surface area is 89.5 Å². The van der Waals surface area contributed by atoms with Crippen LogP contribution in [0.25, 0.3) is 0 Å². The highest BCUT2D eigenvalue weighted by molar-refractivity contribution is 5.36. The van der Waals surface area contributed by atoms with E-state index >= 15 is 0 Å². The largest absolute Gasteiger partial charge is 0.381 e. The fourth-order valence-electron chi connectivity index (χ4n) is 2.22. The van der Waals surface area contributed by atoms with Crippen molar-refractivity contribution >= 4 is 5.82 Å². The van der Waals surface area contributed by atoms with Crippen LogP contribution < -0.4 is 5.73 Å². The van der Waals surface area contributed by atoms with Gasteiger partial charge in [-0.1, -0.05) is 13.8 Å². The second-order valence-corrected chi connectivity index (χ2v) is 4.94. The molecule has 4 heteroatoms. The van der Waals surface area contributed by atoms with Gasteiger partial charge in [0.1, 0.15) is 5.69 Å². The number of nitrogen functional groups attached to an aromatic ring is 1. The predicted molar refractivity (Wildman–Crippen MR) is 57.9 cm³/mol. The minimum atomic E-state index is -0.311. The van der Waals surface area contributed by atoms with E-state index in [0.29, 0.717) is 23.4 Å². The first-order chi connectivity index (χ1) is 7.00. The molecule has 1 aromatic heterocycles. The van der Waals surface area contributed by atoms with Gasteiger partial charge in [0.2, 0.25) is 0 Å². The Morgan fingerprint density at radius 1 is 1.60 bits per heavy atom. The summed E-state index contributed by atoms with van der Waals surface area (Å²) >= 11 is 0. The minimum absolute atomic E-state index is 0.153. The molecule has 0 radical (unpaired) electrons. The molecule has 1 fully saturated rings. The first-order valence-electron chi connectivity index (χ1n) is 5.48. The molecule has 2 rings (SSSR count). The molecule has 0 unspecified atom stereocenters. The van der Waals surface area contributed by atoms with E-state index in [1.165, 1.54) is 4.68 Å². The van der Waals surface area contributed by atoms with Crippen LogP contribution in [0.15, 0.2) is 0 Å². The SMILES string of the molecule is CC(C)C[C@@H]1C[C@H]1c1nn(C)c(N)c1F. The Hall–Kier alpha value is -1.06. The molecule has 0 aromatic carbocycles. The summed E-state index contributed by atoms with van der Waals surface area (Å²) in [6.07, 6.45) is 2.21. The van der Waals surface area contributed by atoms with Crippen molar-refractivity contribution in [1.29, 1.82) is 0 Å². The zero-order valence-electron chi connectivity index (χ0n) is 9.50. The Bertz CT molecular complexity index is 370. The monoisotopic (exact) mass is 211 g/mol. The Balaban J connectivity index is 2.10. The molecular formula is C11H18FN3. The summed E-state index contributed by atoms with van der Waals surface area (Å²) in [6, 6.07) is 0. The molecule has 1 saturated carbocycles. The van der Waals surface area contributed by atoms with Crippen molar-refractivity contribution in [3.8, 4) is 0 Å². The van der Waals surface area contributed by atoms with E-state index in [2.05, 4.69) is 18.9 Å². The molecule has 0 spiro atoms. The van der Waals surface area contributed by atoms with Gasteiger partial charge in [-0.05, 0) is 24.7 Å². The van der Waals surface area contributed by atoms with Gasteiger partial charge in [0.05, 0.1) is 0 Å². The van der Waals surface area contributed by atoms with Gasteiger partial charge in [-0.15, -0.1) is 0 Å². The zero-order chi connectivity index (χ0) is 11.2. The zero-order valence-corrected chi connectivity index (χ0v) is 9.50. The number of anilines is 1. The van der Waals surface area contributed by atoms with E-state index in [0.717, 1.165) is 12.8 Å². The van der Waals surface area contributed by atoms with Gasteiger partial charge in [0.15, 0.2) is 11.6 Å². The van der Waals surface area contributed by atoms with Crippen molar-refractivity contribution < 1.29 is 4.39 Å². The van der Waals surface area contributed by atoms with Gasteiger partial charge in [0, 0.05) is 13.0 Å². The standard InChI is InChI=1S/C11H18FN3/c1-6(2)4-7-5-8(7)10-9(12)11(13)15(3)14-10/h6-8H,4-5,13H2,1-3H3/t7-,8-/m1/s1. The number of halogens is 1. The molecule has 3 nitrogen and oxygen atoms in total. The van der Waals surface area contributed by atoms with Crippen LogP contribution in [0.4, 0.5) is 10.2 Å². The highest BCUT2D eigenvalue weighted by Crippen LogP contribution is 2.51. The molecule has 0 aliphatic heterocycles. The van der Waals surface area contributed by atoms with Gasteiger partial charge in [-0.2, -0.15) is 5.10 Å². The van der Waals surface area contributed by atoms with Crippen LogP contribution in [-0.2, 0) is 7.05 Å². The van der Waals surface area contributed by atoms with Crippen molar-refractivity contribution in [1.82, 2.24) is 9.78 Å². The summed E-state index contributed by atoms with van der Waals surface area (Å²) in [6.45, 7) is 4.39. The van der Waals surface area contributed by atoms with Crippen LogP contribution >= 0.6 is 0 Å². The maximum atomic E-state index is 13.6. The Kier molecular flexibility index (Phi) is 2.44. The molecule has 1 aliphatic carbocycles. The van der Waals surface area contributed by atoms with Crippen LogP contribution in [0.1, 0.15) is 38.3 Å². The molecule has 2 atom stereocenters. The number of hydrogen-bond acceptors (Lipinski definition) is 2. The summed E-state index contributed by atoms with van der Waals surface area (Å²) in [5, 5.41) is 4.15. The van der Waals surface area contributed by atoms with Gasteiger partial charge in [-0.3, -0.25) is 4.68 Å². The highest BCUT2D eigenvalue weighted by Gasteiger charge is 2.42. The van der Waals surface area contributed by atoms with E-state index in [4.69, 9.17) is 5.73 Å². The topological polar surface area (TPSA) is 43.8 Å². The number of aromatic nitrogens is 2. The first kappa shape index (κ1) is 10.5. The van der Waals surface area contributed by atoms with Gasteiger partial charge < -0.3 is 5.73 Å².